The molecule has 2 aromatic carbocycles. The number of nitriles is 1. The first-order valence-corrected chi connectivity index (χ1v) is 13.0. The van der Waals surface area contributed by atoms with Crippen molar-refractivity contribution in [1.82, 2.24) is 4.90 Å². The zero-order chi connectivity index (χ0) is 25.8. The molecule has 0 radical (unpaired) electrons. The average molecular weight is 498 g/mol. The summed E-state index contributed by atoms with van der Waals surface area (Å²) in [6.45, 7) is 3.36. The van der Waals surface area contributed by atoms with Gasteiger partial charge < -0.3 is 9.64 Å². The van der Waals surface area contributed by atoms with Crippen LogP contribution in [0.4, 0.5) is 5.69 Å². The molecule has 8 nitrogen and oxygen atoms in total. The molecule has 1 fully saturated rings. The lowest BCUT2D eigenvalue weighted by atomic mass is 9.81. The Morgan fingerprint density at radius 3 is 2.29 bits per heavy atom. The van der Waals surface area contributed by atoms with Crippen molar-refractivity contribution in [2.24, 2.45) is 0 Å². The fraction of sp³-hybridized carbons (Fsp3) is 0.423. The molecule has 1 saturated carbocycles. The zero-order valence-electron chi connectivity index (χ0n) is 20.5. The van der Waals surface area contributed by atoms with Gasteiger partial charge in [-0.25, -0.2) is 13.2 Å². The van der Waals surface area contributed by atoms with E-state index in [1.54, 1.807) is 19.2 Å². The molecule has 0 aromatic heterocycles. The third-order valence-corrected chi connectivity index (χ3v) is 8.40. The third-order valence-electron chi connectivity index (χ3n) is 6.62. The van der Waals surface area contributed by atoms with Gasteiger partial charge >= 0.3 is 5.97 Å². The van der Waals surface area contributed by atoms with E-state index < -0.39 is 33.5 Å². The third kappa shape index (κ3) is 5.49. The van der Waals surface area contributed by atoms with E-state index in [1.165, 1.54) is 43.1 Å². The molecule has 0 heterocycles. The van der Waals surface area contributed by atoms with Gasteiger partial charge in [-0.05, 0) is 57.0 Å². The van der Waals surface area contributed by atoms with Crippen molar-refractivity contribution in [1.29, 1.82) is 5.26 Å². The van der Waals surface area contributed by atoms with Gasteiger partial charge in [0.1, 0.15) is 5.54 Å². The van der Waals surface area contributed by atoms with Gasteiger partial charge in [0.25, 0.3) is 15.9 Å². The fourth-order valence-corrected chi connectivity index (χ4v) is 5.50. The monoisotopic (exact) mass is 497 g/mol. The highest BCUT2D eigenvalue weighted by Gasteiger charge is 2.40. The Morgan fingerprint density at radius 1 is 1.06 bits per heavy atom. The number of hydrogen-bond donors (Lipinski definition) is 0. The summed E-state index contributed by atoms with van der Waals surface area (Å²) in [5, 5.41) is 9.74. The number of rotatable bonds is 7. The van der Waals surface area contributed by atoms with Crippen LogP contribution in [-0.4, -0.2) is 50.9 Å². The van der Waals surface area contributed by atoms with Gasteiger partial charge in [-0.1, -0.05) is 43.0 Å². The van der Waals surface area contributed by atoms with Gasteiger partial charge in [0, 0.05) is 14.1 Å². The molecule has 0 aliphatic heterocycles. The van der Waals surface area contributed by atoms with E-state index >= 15 is 0 Å². The second-order valence-corrected chi connectivity index (χ2v) is 11.0. The molecule has 0 bridgehead atoms. The molecule has 0 saturated heterocycles. The van der Waals surface area contributed by atoms with Crippen LogP contribution in [0.25, 0.3) is 0 Å². The smallest absolute Gasteiger partial charge is 0.338 e. The van der Waals surface area contributed by atoms with Gasteiger partial charge in [0.15, 0.2) is 6.10 Å². The minimum Gasteiger partial charge on any atom is -0.449 e. The van der Waals surface area contributed by atoms with Crippen molar-refractivity contribution >= 4 is 27.6 Å². The van der Waals surface area contributed by atoms with Crippen LogP contribution in [0.2, 0.25) is 0 Å². The summed E-state index contributed by atoms with van der Waals surface area (Å²) < 4.78 is 32.8. The van der Waals surface area contributed by atoms with Gasteiger partial charge in [-0.15, -0.1) is 0 Å². The maximum absolute atomic E-state index is 13.1. The Balaban J connectivity index is 1.75. The Hall–Kier alpha value is -3.38. The molecule has 1 aliphatic carbocycles. The quantitative estimate of drug-likeness (QED) is 0.534. The number of carbonyl (C=O) groups excluding carboxylic acids is 2. The van der Waals surface area contributed by atoms with Gasteiger partial charge in [0.2, 0.25) is 0 Å². The Bertz CT molecular complexity index is 1230. The summed E-state index contributed by atoms with van der Waals surface area (Å²) in [6.07, 6.45) is 2.78. The molecular formula is C26H31N3O5S. The zero-order valence-corrected chi connectivity index (χ0v) is 21.3. The fourth-order valence-electron chi connectivity index (χ4n) is 4.26. The number of benzene rings is 2. The lowest BCUT2D eigenvalue weighted by Crippen LogP contribution is -2.53. The molecule has 9 heteroatoms. The molecule has 1 atom stereocenters. The van der Waals surface area contributed by atoms with Gasteiger partial charge in [-0.2, -0.15) is 5.26 Å². The van der Waals surface area contributed by atoms with Crippen LogP contribution in [0.5, 0.6) is 0 Å². The Labute approximate surface area is 207 Å². The van der Waals surface area contributed by atoms with Crippen LogP contribution in [0.15, 0.2) is 53.4 Å². The molecule has 3 rings (SSSR count). The number of nitrogens with zero attached hydrogens (tertiary/aromatic N) is 3. The number of aryl methyl sites for hydroxylation is 1. The number of ether oxygens (including phenoxy) is 1. The summed E-state index contributed by atoms with van der Waals surface area (Å²) in [4.78, 5) is 27.1. The maximum Gasteiger partial charge on any atom is 0.338 e. The lowest BCUT2D eigenvalue weighted by Gasteiger charge is -2.39. The van der Waals surface area contributed by atoms with Crippen LogP contribution in [0, 0.1) is 18.3 Å². The van der Waals surface area contributed by atoms with Crippen LogP contribution in [-0.2, 0) is 19.6 Å². The first-order valence-electron chi connectivity index (χ1n) is 11.6. The molecule has 1 amide bonds. The van der Waals surface area contributed by atoms with E-state index in [0.717, 1.165) is 29.1 Å². The molecular weight excluding hydrogens is 466 g/mol. The highest BCUT2D eigenvalue weighted by atomic mass is 32.2. The number of carbonyl (C=O) groups is 2. The van der Waals surface area contributed by atoms with E-state index in [4.69, 9.17) is 4.74 Å². The van der Waals surface area contributed by atoms with Crippen molar-refractivity contribution in [3.05, 3.63) is 59.7 Å². The highest BCUT2D eigenvalue weighted by molar-refractivity contribution is 7.92. The second kappa shape index (κ2) is 10.5. The number of anilines is 1. The first-order chi connectivity index (χ1) is 16.5. The number of sulfonamides is 1. The molecule has 0 spiro atoms. The maximum atomic E-state index is 13.1. The SMILES string of the molecule is Cc1ccc(N(C)S(=O)(=O)c2cccc(C(=O)OC(C)C(=O)N(C)C3(C#N)CCCCC3)c2)cc1. The number of amides is 1. The van der Waals surface area contributed by atoms with Crippen molar-refractivity contribution < 1.29 is 22.7 Å². The Morgan fingerprint density at radius 2 is 1.69 bits per heavy atom. The van der Waals surface area contributed by atoms with Crippen LogP contribution >= 0.6 is 0 Å². The van der Waals surface area contributed by atoms with Crippen LogP contribution in [0.3, 0.4) is 0 Å². The van der Waals surface area contributed by atoms with E-state index in [1.807, 2.05) is 19.1 Å². The van der Waals surface area contributed by atoms with Gasteiger partial charge in [0.05, 0.1) is 22.2 Å². The second-order valence-electron chi connectivity index (χ2n) is 8.98. The minimum absolute atomic E-state index is 0.0124. The highest BCUT2D eigenvalue weighted by Crippen LogP contribution is 2.33. The predicted molar refractivity (Wildman–Crippen MR) is 132 cm³/mol. The van der Waals surface area contributed by atoms with E-state index in [-0.39, 0.29) is 10.5 Å². The largest absolute Gasteiger partial charge is 0.449 e. The average Bonchev–Trinajstić information content (AvgIpc) is 2.88. The number of hydrogen-bond acceptors (Lipinski definition) is 6. The first kappa shape index (κ1) is 26.2. The van der Waals surface area contributed by atoms with Crippen LogP contribution < -0.4 is 4.31 Å². The topological polar surface area (TPSA) is 108 Å². The molecule has 35 heavy (non-hydrogen) atoms. The normalized spacial score (nSPS) is 16.0. The summed E-state index contributed by atoms with van der Waals surface area (Å²) in [6, 6.07) is 14.8. The lowest BCUT2D eigenvalue weighted by molar-refractivity contribution is -0.143. The number of likely N-dealkylation sites (N-methyl/N-ethyl adjacent to an activating group) is 1. The summed E-state index contributed by atoms with van der Waals surface area (Å²) in [5.74, 6) is -1.28. The molecule has 0 N–H and O–H groups in total. The van der Waals surface area contributed by atoms with Gasteiger partial charge in [-0.3, -0.25) is 9.10 Å². The number of esters is 1. The molecule has 1 aliphatic rings. The van der Waals surface area contributed by atoms with E-state index in [9.17, 15) is 23.3 Å². The van der Waals surface area contributed by atoms with Crippen molar-refractivity contribution in [3.63, 3.8) is 0 Å². The molecule has 1 unspecified atom stereocenters. The Kier molecular flexibility index (Phi) is 7.86. The van der Waals surface area contributed by atoms with Crippen molar-refractivity contribution in [3.8, 4) is 6.07 Å². The van der Waals surface area contributed by atoms with Crippen molar-refractivity contribution in [2.75, 3.05) is 18.4 Å². The molecule has 186 valence electrons. The van der Waals surface area contributed by atoms with E-state index in [0.29, 0.717) is 18.5 Å². The summed E-state index contributed by atoms with van der Waals surface area (Å²) in [5.41, 5.74) is 0.603. The molecule has 2 aromatic rings. The standard InChI is InChI=1S/C26H31N3O5S/c1-19-11-13-22(14-12-19)29(4)35(32,33)23-10-8-9-21(17-23)25(31)34-20(2)24(30)28(3)26(18-27)15-6-5-7-16-26/h8-14,17,20H,5-7,15-16H2,1-4H3. The predicted octanol–water partition coefficient (Wildman–Crippen LogP) is 4.05. The van der Waals surface area contributed by atoms with Crippen LogP contribution in [0.1, 0.15) is 54.9 Å². The van der Waals surface area contributed by atoms with Crippen molar-refractivity contribution in [2.45, 2.75) is 62.5 Å². The minimum atomic E-state index is -3.93. The summed E-state index contributed by atoms with van der Waals surface area (Å²) >= 11 is 0. The summed E-state index contributed by atoms with van der Waals surface area (Å²) in [7, 11) is -0.924. The van der Waals surface area contributed by atoms with E-state index in [2.05, 4.69) is 6.07 Å².